The van der Waals surface area contributed by atoms with Crippen LogP contribution in [0.15, 0.2) is 60.9 Å². The van der Waals surface area contributed by atoms with Gasteiger partial charge in [-0.15, -0.1) is 0 Å². The Labute approximate surface area is 104 Å². The van der Waals surface area contributed by atoms with Crippen LogP contribution in [0, 0.1) is 0 Å². The van der Waals surface area contributed by atoms with E-state index in [0.29, 0.717) is 11.4 Å². The average Bonchev–Trinajstić information content (AvgIpc) is 2.82. The van der Waals surface area contributed by atoms with Crippen LogP contribution in [0.3, 0.4) is 0 Å². The smallest absolute Gasteiger partial charge is 0.256 e. The van der Waals surface area contributed by atoms with Gasteiger partial charge >= 0.3 is 0 Å². The minimum Gasteiger partial charge on any atom is -0.305 e. The molecule has 0 aliphatic rings. The fourth-order valence-corrected chi connectivity index (χ4v) is 1.77. The van der Waals surface area contributed by atoms with E-state index in [0.717, 1.165) is 5.65 Å². The number of anilines is 1. The van der Waals surface area contributed by atoms with Gasteiger partial charge in [0.15, 0.2) is 5.82 Å². The molecule has 18 heavy (non-hydrogen) atoms. The molecule has 1 aromatic carbocycles. The van der Waals surface area contributed by atoms with E-state index in [4.69, 9.17) is 0 Å². The topological polar surface area (TPSA) is 46.4 Å². The van der Waals surface area contributed by atoms with E-state index in [1.807, 2.05) is 47.0 Å². The highest BCUT2D eigenvalue weighted by Gasteiger charge is 2.07. The maximum Gasteiger partial charge on any atom is 0.256 e. The molecule has 1 amide bonds. The molecule has 0 atom stereocenters. The number of hydrogen-bond acceptors (Lipinski definition) is 2. The molecular weight excluding hydrogens is 226 g/mol. The number of benzene rings is 1. The zero-order valence-corrected chi connectivity index (χ0v) is 9.58. The summed E-state index contributed by atoms with van der Waals surface area (Å²) in [6, 6.07) is 14.8. The maximum atomic E-state index is 11.9. The van der Waals surface area contributed by atoms with Crippen LogP contribution in [0.5, 0.6) is 0 Å². The van der Waals surface area contributed by atoms with Gasteiger partial charge in [-0.2, -0.15) is 0 Å². The van der Waals surface area contributed by atoms with Crippen molar-refractivity contribution in [1.29, 1.82) is 0 Å². The van der Waals surface area contributed by atoms with Crippen molar-refractivity contribution in [3.8, 4) is 0 Å². The minimum absolute atomic E-state index is 0.154. The first-order valence-corrected chi connectivity index (χ1v) is 5.63. The first-order valence-electron chi connectivity index (χ1n) is 5.63. The first-order chi connectivity index (χ1) is 8.83. The summed E-state index contributed by atoms with van der Waals surface area (Å²) in [6.07, 6.45) is 3.68. The van der Waals surface area contributed by atoms with Gasteiger partial charge in [-0.1, -0.05) is 24.3 Å². The van der Waals surface area contributed by atoms with E-state index >= 15 is 0 Å². The van der Waals surface area contributed by atoms with E-state index in [1.165, 1.54) is 0 Å². The van der Waals surface area contributed by atoms with Gasteiger partial charge in [0.05, 0.1) is 6.20 Å². The van der Waals surface area contributed by atoms with Crippen molar-refractivity contribution in [3.05, 3.63) is 66.5 Å². The van der Waals surface area contributed by atoms with Crippen LogP contribution in [0.2, 0.25) is 0 Å². The molecule has 4 heteroatoms. The summed E-state index contributed by atoms with van der Waals surface area (Å²) >= 11 is 0. The van der Waals surface area contributed by atoms with Gasteiger partial charge in [-0.3, -0.25) is 4.79 Å². The summed E-state index contributed by atoms with van der Waals surface area (Å²) in [5, 5.41) is 2.78. The quantitative estimate of drug-likeness (QED) is 0.744. The number of aromatic nitrogens is 2. The zero-order valence-electron chi connectivity index (χ0n) is 9.58. The van der Waals surface area contributed by atoms with Crippen molar-refractivity contribution in [2.75, 3.05) is 5.32 Å². The molecule has 0 bridgehead atoms. The lowest BCUT2D eigenvalue weighted by Gasteiger charge is -2.00. The highest BCUT2D eigenvalue weighted by Crippen LogP contribution is 2.10. The summed E-state index contributed by atoms with van der Waals surface area (Å²) in [4.78, 5) is 16.2. The van der Waals surface area contributed by atoms with E-state index in [1.54, 1.807) is 18.3 Å². The standard InChI is InChI=1S/C14H11N3O/c18-14(11-6-2-1-3-7-11)16-12-10-17-9-5-4-8-13(17)15-12/h1-10H,(H,16,18). The molecule has 2 aromatic heterocycles. The molecule has 88 valence electrons. The number of hydrogen-bond donors (Lipinski definition) is 1. The van der Waals surface area contributed by atoms with Crippen molar-refractivity contribution >= 4 is 17.4 Å². The predicted octanol–water partition coefficient (Wildman–Crippen LogP) is 2.59. The highest BCUT2D eigenvalue weighted by atomic mass is 16.1. The van der Waals surface area contributed by atoms with Gasteiger partial charge in [0.25, 0.3) is 5.91 Å². The average molecular weight is 237 g/mol. The Morgan fingerprint density at radius 1 is 1.06 bits per heavy atom. The van der Waals surface area contributed by atoms with E-state index in [2.05, 4.69) is 10.3 Å². The highest BCUT2D eigenvalue weighted by molar-refractivity contribution is 6.03. The number of nitrogens with zero attached hydrogens (tertiary/aromatic N) is 2. The normalized spacial score (nSPS) is 10.4. The van der Waals surface area contributed by atoms with Gasteiger partial charge in [0.1, 0.15) is 5.65 Å². The number of amides is 1. The summed E-state index contributed by atoms with van der Waals surface area (Å²) < 4.78 is 1.86. The fourth-order valence-electron chi connectivity index (χ4n) is 1.77. The molecule has 0 radical (unpaired) electrons. The van der Waals surface area contributed by atoms with Crippen LogP contribution in [0.25, 0.3) is 5.65 Å². The Balaban J connectivity index is 1.86. The van der Waals surface area contributed by atoms with Crippen molar-refractivity contribution in [1.82, 2.24) is 9.38 Å². The summed E-state index contributed by atoms with van der Waals surface area (Å²) in [7, 11) is 0. The molecule has 4 nitrogen and oxygen atoms in total. The summed E-state index contributed by atoms with van der Waals surface area (Å²) in [5.74, 6) is 0.397. The molecular formula is C14H11N3O. The minimum atomic E-state index is -0.154. The van der Waals surface area contributed by atoms with Crippen molar-refractivity contribution in [3.63, 3.8) is 0 Å². The predicted molar refractivity (Wildman–Crippen MR) is 69.6 cm³/mol. The molecule has 0 unspecified atom stereocenters. The zero-order chi connectivity index (χ0) is 12.4. The third-order valence-corrected chi connectivity index (χ3v) is 2.64. The molecule has 3 aromatic rings. The molecule has 3 rings (SSSR count). The molecule has 0 aliphatic heterocycles. The molecule has 0 saturated heterocycles. The van der Waals surface area contributed by atoms with Gasteiger partial charge in [-0.25, -0.2) is 4.98 Å². The van der Waals surface area contributed by atoms with Crippen molar-refractivity contribution in [2.45, 2.75) is 0 Å². The molecule has 0 spiro atoms. The Morgan fingerprint density at radius 2 is 1.83 bits per heavy atom. The third-order valence-electron chi connectivity index (χ3n) is 2.64. The maximum absolute atomic E-state index is 11.9. The van der Waals surface area contributed by atoms with Crippen LogP contribution in [-0.4, -0.2) is 15.3 Å². The van der Waals surface area contributed by atoms with Crippen molar-refractivity contribution in [2.24, 2.45) is 0 Å². The third kappa shape index (κ3) is 1.96. The van der Waals surface area contributed by atoms with Gasteiger partial charge in [0, 0.05) is 11.8 Å². The van der Waals surface area contributed by atoms with Crippen LogP contribution < -0.4 is 5.32 Å². The van der Waals surface area contributed by atoms with Crippen LogP contribution in [0.1, 0.15) is 10.4 Å². The van der Waals surface area contributed by atoms with Gasteiger partial charge < -0.3 is 9.72 Å². The van der Waals surface area contributed by atoms with Gasteiger partial charge in [-0.05, 0) is 24.3 Å². The second-order valence-electron chi connectivity index (χ2n) is 3.91. The fraction of sp³-hybridized carbons (Fsp3) is 0. The van der Waals surface area contributed by atoms with Gasteiger partial charge in [0.2, 0.25) is 0 Å². The monoisotopic (exact) mass is 237 g/mol. The van der Waals surface area contributed by atoms with Crippen molar-refractivity contribution < 1.29 is 4.79 Å². The second kappa shape index (κ2) is 4.33. The lowest BCUT2D eigenvalue weighted by molar-refractivity contribution is 0.102. The molecule has 2 heterocycles. The number of nitrogens with one attached hydrogen (secondary N) is 1. The van der Waals surface area contributed by atoms with Crippen LogP contribution in [0.4, 0.5) is 5.82 Å². The Kier molecular flexibility index (Phi) is 2.53. The molecule has 0 saturated carbocycles. The second-order valence-corrected chi connectivity index (χ2v) is 3.91. The number of carbonyl (C=O) groups excluding carboxylic acids is 1. The number of imidazole rings is 1. The number of carbonyl (C=O) groups is 1. The lowest BCUT2D eigenvalue weighted by atomic mass is 10.2. The summed E-state index contributed by atoms with van der Waals surface area (Å²) in [5.41, 5.74) is 1.43. The number of rotatable bonds is 2. The molecule has 0 fully saturated rings. The number of pyridine rings is 1. The largest absolute Gasteiger partial charge is 0.305 e. The Bertz CT molecular complexity index is 655. The number of fused-ring (bicyclic) bond motifs is 1. The Morgan fingerprint density at radius 3 is 2.61 bits per heavy atom. The molecule has 0 aliphatic carbocycles. The van der Waals surface area contributed by atoms with Crippen LogP contribution in [-0.2, 0) is 0 Å². The first kappa shape index (κ1) is 10.5. The lowest BCUT2D eigenvalue weighted by Crippen LogP contribution is -2.11. The van der Waals surface area contributed by atoms with E-state index < -0.39 is 0 Å². The molecule has 1 N–H and O–H groups in total. The SMILES string of the molecule is O=C(Nc1cn2ccccc2n1)c1ccccc1. The van der Waals surface area contributed by atoms with E-state index in [9.17, 15) is 4.79 Å². The Hall–Kier alpha value is -2.62. The van der Waals surface area contributed by atoms with E-state index in [-0.39, 0.29) is 5.91 Å². The summed E-state index contributed by atoms with van der Waals surface area (Å²) in [6.45, 7) is 0. The van der Waals surface area contributed by atoms with Crippen LogP contribution >= 0.6 is 0 Å².